The van der Waals surface area contributed by atoms with Crippen molar-refractivity contribution in [3.05, 3.63) is 21.8 Å². The van der Waals surface area contributed by atoms with Crippen molar-refractivity contribution < 1.29 is 0 Å². The summed E-state index contributed by atoms with van der Waals surface area (Å²) < 4.78 is 4.00. The summed E-state index contributed by atoms with van der Waals surface area (Å²) in [5.74, 6) is 0. The summed E-state index contributed by atoms with van der Waals surface area (Å²) in [6, 6.07) is 0. The number of nitrogens with zero attached hydrogens (tertiary/aromatic N) is 4. The fourth-order valence-corrected chi connectivity index (χ4v) is 3.14. The van der Waals surface area contributed by atoms with Crippen LogP contribution < -0.4 is 5.32 Å². The lowest BCUT2D eigenvalue weighted by molar-refractivity contribution is 0.317. The van der Waals surface area contributed by atoms with Crippen LogP contribution in [0.4, 0.5) is 5.00 Å². The summed E-state index contributed by atoms with van der Waals surface area (Å²) in [6.45, 7) is 6.73. The van der Waals surface area contributed by atoms with Gasteiger partial charge < -0.3 is 5.32 Å². The number of hydrogen-bond acceptors (Lipinski definition) is 7. The largest absolute Gasteiger partial charge is 0.374 e. The van der Waals surface area contributed by atoms with E-state index in [2.05, 4.69) is 38.8 Å². The average molecular weight is 283 g/mol. The smallest absolute Gasteiger partial charge is 0.134 e. The summed E-state index contributed by atoms with van der Waals surface area (Å²) in [5, 5.41) is 8.54. The molecule has 0 aliphatic carbocycles. The first kappa shape index (κ1) is 13.4. The molecule has 2 heterocycles. The Balaban J connectivity index is 1.96. The van der Waals surface area contributed by atoms with Gasteiger partial charge in [-0.25, -0.2) is 4.98 Å². The van der Waals surface area contributed by atoms with Crippen LogP contribution in [0.15, 0.2) is 5.51 Å². The maximum atomic E-state index is 4.27. The Hall–Kier alpha value is -1.05. The third-order valence-electron chi connectivity index (χ3n) is 2.57. The quantitative estimate of drug-likeness (QED) is 0.882. The van der Waals surface area contributed by atoms with Crippen LogP contribution in [0, 0.1) is 6.92 Å². The predicted octanol–water partition coefficient (Wildman–Crippen LogP) is 2.37. The van der Waals surface area contributed by atoms with Gasteiger partial charge in [-0.1, -0.05) is 4.49 Å². The zero-order valence-corrected chi connectivity index (χ0v) is 12.4. The highest BCUT2D eigenvalue weighted by atomic mass is 32.1. The van der Waals surface area contributed by atoms with Gasteiger partial charge in [-0.05, 0) is 20.9 Å². The zero-order valence-electron chi connectivity index (χ0n) is 10.8. The van der Waals surface area contributed by atoms with Crippen molar-refractivity contribution in [3.8, 4) is 0 Å². The average Bonchev–Trinajstić information content (AvgIpc) is 2.91. The fraction of sp³-hybridized carbons (Fsp3) is 0.545. The molecule has 0 spiro atoms. The second-order valence-electron chi connectivity index (χ2n) is 4.11. The highest BCUT2D eigenvalue weighted by Crippen LogP contribution is 2.20. The molecule has 0 atom stereocenters. The van der Waals surface area contributed by atoms with Crippen molar-refractivity contribution in [2.75, 3.05) is 18.9 Å². The van der Waals surface area contributed by atoms with Gasteiger partial charge in [0.25, 0.3) is 0 Å². The highest BCUT2D eigenvalue weighted by molar-refractivity contribution is 7.10. The second kappa shape index (κ2) is 6.21. The lowest BCUT2D eigenvalue weighted by Gasteiger charge is -2.15. The van der Waals surface area contributed by atoms with Crippen molar-refractivity contribution in [1.82, 2.24) is 19.5 Å². The number of aromatic nitrogens is 3. The summed E-state index contributed by atoms with van der Waals surface area (Å²) in [5.41, 5.74) is 4.04. The van der Waals surface area contributed by atoms with Crippen molar-refractivity contribution in [2.45, 2.75) is 26.9 Å². The minimum Gasteiger partial charge on any atom is -0.374 e. The third kappa shape index (κ3) is 3.24. The first-order valence-corrected chi connectivity index (χ1v) is 7.48. The van der Waals surface area contributed by atoms with Gasteiger partial charge in [0, 0.05) is 36.0 Å². The summed E-state index contributed by atoms with van der Waals surface area (Å²) in [4.78, 5) is 7.81. The van der Waals surface area contributed by atoms with Crippen molar-refractivity contribution in [1.29, 1.82) is 0 Å². The Labute approximate surface area is 115 Å². The molecule has 98 valence electrons. The van der Waals surface area contributed by atoms with Crippen LogP contribution >= 0.6 is 22.9 Å². The van der Waals surface area contributed by atoms with Crippen molar-refractivity contribution >= 4 is 27.9 Å². The Morgan fingerprint density at radius 2 is 2.22 bits per heavy atom. The van der Waals surface area contributed by atoms with E-state index < -0.39 is 0 Å². The second-order valence-corrected chi connectivity index (χ2v) is 5.81. The Morgan fingerprint density at radius 3 is 2.89 bits per heavy atom. The molecule has 0 aliphatic heterocycles. The molecule has 0 aliphatic rings. The summed E-state index contributed by atoms with van der Waals surface area (Å²) in [6.07, 6.45) is 0. The van der Waals surface area contributed by atoms with Crippen LogP contribution in [-0.4, -0.2) is 33.1 Å². The van der Waals surface area contributed by atoms with Crippen LogP contribution in [0.5, 0.6) is 0 Å². The molecule has 0 saturated carbocycles. The van der Waals surface area contributed by atoms with E-state index in [1.807, 2.05) is 12.4 Å². The summed E-state index contributed by atoms with van der Waals surface area (Å²) in [7, 11) is 2.09. The van der Waals surface area contributed by atoms with Crippen LogP contribution in [-0.2, 0) is 13.1 Å². The minimum atomic E-state index is 0.802. The molecule has 5 nitrogen and oxygen atoms in total. The molecule has 0 aromatic carbocycles. The zero-order chi connectivity index (χ0) is 13.0. The van der Waals surface area contributed by atoms with Crippen LogP contribution in [0.1, 0.15) is 23.2 Å². The van der Waals surface area contributed by atoms with Gasteiger partial charge in [-0.3, -0.25) is 4.90 Å². The van der Waals surface area contributed by atoms with Gasteiger partial charge in [0.2, 0.25) is 0 Å². The fourth-order valence-electron chi connectivity index (χ4n) is 1.64. The Bertz CT molecular complexity index is 493. The van der Waals surface area contributed by atoms with Gasteiger partial charge >= 0.3 is 0 Å². The first-order chi connectivity index (χ1) is 8.70. The van der Waals surface area contributed by atoms with Crippen molar-refractivity contribution in [3.63, 3.8) is 0 Å². The van der Waals surface area contributed by atoms with E-state index in [9.17, 15) is 0 Å². The number of thiazole rings is 1. The van der Waals surface area contributed by atoms with Gasteiger partial charge in [0.15, 0.2) is 0 Å². The highest BCUT2D eigenvalue weighted by Gasteiger charge is 2.11. The molecule has 0 saturated heterocycles. The molecular formula is C11H17N5S2. The maximum Gasteiger partial charge on any atom is 0.134 e. The van der Waals surface area contributed by atoms with Gasteiger partial charge in [0.05, 0.1) is 11.2 Å². The van der Waals surface area contributed by atoms with Crippen LogP contribution in [0.25, 0.3) is 0 Å². The maximum absolute atomic E-state index is 4.27. The molecule has 2 aromatic rings. The molecule has 7 heteroatoms. The molecule has 0 fully saturated rings. The summed E-state index contributed by atoms with van der Waals surface area (Å²) >= 11 is 3.12. The SMILES string of the molecule is CCNc1snnc1CN(C)Cc1scnc1C. The topological polar surface area (TPSA) is 53.9 Å². The lowest BCUT2D eigenvalue weighted by atomic mass is 10.3. The molecule has 2 rings (SSSR count). The van der Waals surface area contributed by atoms with Crippen LogP contribution in [0.2, 0.25) is 0 Å². The lowest BCUT2D eigenvalue weighted by Crippen LogP contribution is -2.18. The molecule has 18 heavy (non-hydrogen) atoms. The number of nitrogens with one attached hydrogen (secondary N) is 1. The third-order valence-corrected chi connectivity index (χ3v) is 4.22. The van der Waals surface area contributed by atoms with E-state index in [4.69, 9.17) is 0 Å². The Morgan fingerprint density at radius 1 is 1.39 bits per heavy atom. The molecule has 0 radical (unpaired) electrons. The van der Waals surface area contributed by atoms with Gasteiger partial charge in [0.1, 0.15) is 10.7 Å². The molecular weight excluding hydrogens is 266 g/mol. The van der Waals surface area contributed by atoms with Gasteiger partial charge in [-0.15, -0.1) is 16.4 Å². The number of anilines is 1. The monoisotopic (exact) mass is 283 g/mol. The molecule has 0 amide bonds. The number of rotatable bonds is 6. The van der Waals surface area contributed by atoms with Crippen LogP contribution in [0.3, 0.4) is 0 Å². The van der Waals surface area contributed by atoms with Gasteiger partial charge in [-0.2, -0.15) is 0 Å². The molecule has 2 aromatic heterocycles. The predicted molar refractivity (Wildman–Crippen MR) is 76.1 cm³/mol. The normalized spacial score (nSPS) is 11.1. The van der Waals surface area contributed by atoms with E-state index >= 15 is 0 Å². The standard InChI is InChI=1S/C11H17N5S2/c1-4-12-11-9(14-15-18-11)5-16(3)6-10-8(2)13-7-17-10/h7,12H,4-6H2,1-3H3. The van der Waals surface area contributed by atoms with E-state index in [0.29, 0.717) is 0 Å². The van der Waals surface area contributed by atoms with Crippen molar-refractivity contribution in [2.24, 2.45) is 0 Å². The van der Waals surface area contributed by atoms with E-state index in [0.717, 1.165) is 36.0 Å². The van der Waals surface area contributed by atoms with E-state index in [1.54, 1.807) is 11.3 Å². The minimum absolute atomic E-state index is 0.802. The first-order valence-electron chi connectivity index (χ1n) is 5.83. The molecule has 1 N–H and O–H groups in total. The molecule has 0 bridgehead atoms. The van der Waals surface area contributed by atoms with E-state index in [-0.39, 0.29) is 0 Å². The molecule has 0 unspecified atom stereocenters. The number of aryl methyl sites for hydroxylation is 1. The number of hydrogen-bond donors (Lipinski definition) is 1. The van der Waals surface area contributed by atoms with E-state index in [1.165, 1.54) is 16.4 Å². The Kier molecular flexibility index (Phi) is 4.62.